The fraction of sp³-hybridized carbons (Fsp3) is 0.0588. The van der Waals surface area contributed by atoms with Crippen LogP contribution in [0.3, 0.4) is 0 Å². The van der Waals surface area contributed by atoms with E-state index in [-0.39, 0.29) is 5.78 Å². The summed E-state index contributed by atoms with van der Waals surface area (Å²) in [6.45, 7) is 1.87. The van der Waals surface area contributed by atoms with Crippen molar-refractivity contribution in [2.24, 2.45) is 0 Å². The maximum atomic E-state index is 12.7. The first-order valence-corrected chi connectivity index (χ1v) is 6.47. The van der Waals surface area contributed by atoms with Crippen LogP contribution >= 0.6 is 0 Å². The summed E-state index contributed by atoms with van der Waals surface area (Å²) >= 11 is 0. The van der Waals surface area contributed by atoms with Crippen molar-refractivity contribution in [3.8, 4) is 11.3 Å². The molecule has 3 heteroatoms. The lowest BCUT2D eigenvalue weighted by Gasteiger charge is -2.03. The van der Waals surface area contributed by atoms with Gasteiger partial charge in [0, 0.05) is 16.8 Å². The average Bonchev–Trinajstić information content (AvgIpc) is 2.90. The minimum Gasteiger partial charge on any atom is -0.288 e. The molecule has 2 aromatic carbocycles. The highest BCUT2D eigenvalue weighted by atomic mass is 16.1. The van der Waals surface area contributed by atoms with E-state index in [4.69, 9.17) is 0 Å². The number of aryl methyl sites for hydroxylation is 1. The summed E-state index contributed by atoms with van der Waals surface area (Å²) in [5.74, 6) is -0.00398. The zero-order valence-corrected chi connectivity index (χ0v) is 11.1. The Morgan fingerprint density at radius 3 is 2.20 bits per heavy atom. The number of hydrogen-bond acceptors (Lipinski definition) is 2. The molecule has 0 saturated carbocycles. The number of H-pyrrole nitrogens is 1. The third-order valence-corrected chi connectivity index (χ3v) is 3.26. The Hall–Kier alpha value is -2.68. The highest BCUT2D eigenvalue weighted by Crippen LogP contribution is 2.25. The van der Waals surface area contributed by atoms with Gasteiger partial charge in [-0.1, -0.05) is 60.7 Å². The summed E-state index contributed by atoms with van der Waals surface area (Å²) in [5.41, 5.74) is 3.75. The van der Waals surface area contributed by atoms with Crippen LogP contribution in [0.1, 0.15) is 21.6 Å². The Balaban J connectivity index is 2.11. The first-order valence-electron chi connectivity index (χ1n) is 6.47. The molecule has 0 aliphatic carbocycles. The quantitative estimate of drug-likeness (QED) is 0.733. The Labute approximate surface area is 117 Å². The molecule has 3 nitrogen and oxygen atoms in total. The van der Waals surface area contributed by atoms with Crippen molar-refractivity contribution in [2.45, 2.75) is 6.92 Å². The van der Waals surface area contributed by atoms with E-state index in [9.17, 15) is 4.79 Å². The van der Waals surface area contributed by atoms with Crippen molar-refractivity contribution in [3.05, 3.63) is 77.5 Å². The molecule has 0 unspecified atom stereocenters. The zero-order chi connectivity index (χ0) is 13.9. The zero-order valence-electron chi connectivity index (χ0n) is 11.1. The predicted octanol–water partition coefficient (Wildman–Crippen LogP) is 3.62. The fourth-order valence-electron chi connectivity index (χ4n) is 2.25. The van der Waals surface area contributed by atoms with E-state index in [0.29, 0.717) is 16.8 Å². The van der Waals surface area contributed by atoms with Gasteiger partial charge in [-0.25, -0.2) is 0 Å². The van der Waals surface area contributed by atoms with E-state index < -0.39 is 0 Å². The van der Waals surface area contributed by atoms with Crippen molar-refractivity contribution in [1.29, 1.82) is 0 Å². The largest absolute Gasteiger partial charge is 0.288 e. The molecule has 0 saturated heterocycles. The minimum absolute atomic E-state index is 0.00398. The van der Waals surface area contributed by atoms with Gasteiger partial charge in [-0.15, -0.1) is 0 Å². The second-order valence-corrected chi connectivity index (χ2v) is 4.63. The van der Waals surface area contributed by atoms with Crippen molar-refractivity contribution in [3.63, 3.8) is 0 Å². The molecule has 1 aromatic heterocycles. The monoisotopic (exact) mass is 262 g/mol. The topological polar surface area (TPSA) is 45.8 Å². The molecular weight excluding hydrogens is 248 g/mol. The summed E-state index contributed by atoms with van der Waals surface area (Å²) in [5, 5.41) is 7.20. The van der Waals surface area contributed by atoms with Gasteiger partial charge in [0.25, 0.3) is 0 Å². The number of rotatable bonds is 3. The first kappa shape index (κ1) is 12.4. The van der Waals surface area contributed by atoms with Crippen LogP contribution in [0.15, 0.2) is 60.7 Å². The lowest BCUT2D eigenvalue weighted by atomic mass is 9.98. The summed E-state index contributed by atoms with van der Waals surface area (Å²) < 4.78 is 0. The lowest BCUT2D eigenvalue weighted by Crippen LogP contribution is -2.03. The Morgan fingerprint density at radius 1 is 0.950 bits per heavy atom. The lowest BCUT2D eigenvalue weighted by molar-refractivity contribution is 0.103. The number of aromatic nitrogens is 2. The van der Waals surface area contributed by atoms with E-state index in [2.05, 4.69) is 10.2 Å². The maximum absolute atomic E-state index is 12.7. The summed E-state index contributed by atoms with van der Waals surface area (Å²) in [4.78, 5) is 12.7. The molecule has 3 aromatic rings. The predicted molar refractivity (Wildman–Crippen MR) is 78.6 cm³/mol. The molecule has 0 amide bonds. The van der Waals surface area contributed by atoms with Crippen LogP contribution < -0.4 is 0 Å². The Kier molecular flexibility index (Phi) is 3.17. The van der Waals surface area contributed by atoms with Gasteiger partial charge in [0.15, 0.2) is 5.78 Å². The molecule has 1 N–H and O–H groups in total. The molecule has 20 heavy (non-hydrogen) atoms. The maximum Gasteiger partial charge on any atom is 0.197 e. The molecule has 0 fully saturated rings. The smallest absolute Gasteiger partial charge is 0.197 e. The number of ketones is 1. The van der Waals surface area contributed by atoms with Crippen LogP contribution in [0.5, 0.6) is 0 Å². The van der Waals surface area contributed by atoms with Gasteiger partial charge in [-0.05, 0) is 6.92 Å². The number of nitrogens with zero attached hydrogens (tertiary/aromatic N) is 1. The standard InChI is InChI=1S/C17H14N2O/c1-12-15(17(20)14-10-6-3-7-11-14)16(19-18-12)13-8-4-2-5-9-13/h2-11H,1H3,(H,18,19). The molecule has 1 heterocycles. The molecule has 3 rings (SSSR count). The van der Waals surface area contributed by atoms with Gasteiger partial charge < -0.3 is 0 Å². The summed E-state index contributed by atoms with van der Waals surface area (Å²) in [6.07, 6.45) is 0. The van der Waals surface area contributed by atoms with Crippen LogP contribution in [0.2, 0.25) is 0 Å². The SMILES string of the molecule is Cc1[nH]nc(-c2ccccc2)c1C(=O)c1ccccc1. The summed E-state index contributed by atoms with van der Waals surface area (Å²) in [6, 6.07) is 19.0. The van der Waals surface area contributed by atoms with Crippen LogP contribution in [0.25, 0.3) is 11.3 Å². The second-order valence-electron chi connectivity index (χ2n) is 4.63. The molecule has 98 valence electrons. The number of carbonyl (C=O) groups excluding carboxylic acids is 1. The molecule has 0 radical (unpaired) electrons. The van der Waals surface area contributed by atoms with Crippen LogP contribution in [-0.4, -0.2) is 16.0 Å². The number of nitrogens with one attached hydrogen (secondary N) is 1. The molecule has 0 bridgehead atoms. The van der Waals surface area contributed by atoms with E-state index >= 15 is 0 Å². The molecular formula is C17H14N2O. The number of carbonyl (C=O) groups is 1. The normalized spacial score (nSPS) is 10.4. The van der Waals surface area contributed by atoms with Crippen molar-refractivity contribution >= 4 is 5.78 Å². The molecule has 0 spiro atoms. The van der Waals surface area contributed by atoms with Gasteiger partial charge in [0.2, 0.25) is 0 Å². The molecule has 0 atom stereocenters. The highest BCUT2D eigenvalue weighted by Gasteiger charge is 2.20. The van der Waals surface area contributed by atoms with E-state index in [1.165, 1.54) is 0 Å². The number of benzene rings is 2. The van der Waals surface area contributed by atoms with Crippen molar-refractivity contribution in [1.82, 2.24) is 10.2 Å². The number of aromatic amines is 1. The Morgan fingerprint density at radius 2 is 1.55 bits per heavy atom. The first-order chi connectivity index (χ1) is 9.77. The third kappa shape index (κ3) is 2.14. The van der Waals surface area contributed by atoms with Gasteiger partial charge in [0.05, 0.1) is 5.56 Å². The van der Waals surface area contributed by atoms with Crippen LogP contribution in [0.4, 0.5) is 0 Å². The molecule has 0 aliphatic rings. The van der Waals surface area contributed by atoms with Gasteiger partial charge in [-0.2, -0.15) is 5.10 Å². The van der Waals surface area contributed by atoms with Crippen molar-refractivity contribution in [2.75, 3.05) is 0 Å². The van der Waals surface area contributed by atoms with Crippen molar-refractivity contribution < 1.29 is 4.79 Å². The Bertz CT molecular complexity index is 730. The summed E-state index contributed by atoms with van der Waals surface area (Å²) in [7, 11) is 0. The minimum atomic E-state index is -0.00398. The average molecular weight is 262 g/mol. The second kappa shape index (κ2) is 5.13. The molecule has 0 aliphatic heterocycles. The van der Waals surface area contributed by atoms with Gasteiger partial charge in [-0.3, -0.25) is 9.89 Å². The van der Waals surface area contributed by atoms with Crippen LogP contribution in [-0.2, 0) is 0 Å². The number of hydrogen-bond donors (Lipinski definition) is 1. The van der Waals surface area contributed by atoms with E-state index in [1.807, 2.05) is 67.6 Å². The highest BCUT2D eigenvalue weighted by molar-refractivity contribution is 6.13. The van der Waals surface area contributed by atoms with E-state index in [0.717, 1.165) is 11.3 Å². The van der Waals surface area contributed by atoms with Crippen LogP contribution in [0, 0.1) is 6.92 Å². The fourth-order valence-corrected chi connectivity index (χ4v) is 2.25. The van der Waals surface area contributed by atoms with E-state index in [1.54, 1.807) is 0 Å². The van der Waals surface area contributed by atoms with Gasteiger partial charge in [0.1, 0.15) is 5.69 Å². The van der Waals surface area contributed by atoms with Gasteiger partial charge >= 0.3 is 0 Å². The third-order valence-electron chi connectivity index (χ3n) is 3.26.